The van der Waals surface area contributed by atoms with Crippen molar-refractivity contribution in [2.75, 3.05) is 6.54 Å². The van der Waals surface area contributed by atoms with Gasteiger partial charge in [0, 0.05) is 29.5 Å². The summed E-state index contributed by atoms with van der Waals surface area (Å²) in [5.74, 6) is 0.0690. The minimum Gasteiger partial charge on any atom is -0.331 e. The minimum atomic E-state index is 0.0690. The van der Waals surface area contributed by atoms with Gasteiger partial charge in [-0.2, -0.15) is 0 Å². The van der Waals surface area contributed by atoms with Gasteiger partial charge in [0.05, 0.1) is 11.7 Å². The predicted molar refractivity (Wildman–Crippen MR) is 105 cm³/mol. The minimum absolute atomic E-state index is 0.0690. The summed E-state index contributed by atoms with van der Waals surface area (Å²) in [5.41, 5.74) is 2.91. The highest BCUT2D eigenvalue weighted by Crippen LogP contribution is 2.36. The molecule has 0 N–H and O–H groups in total. The third-order valence-corrected chi connectivity index (χ3v) is 6.13. The van der Waals surface area contributed by atoms with Crippen molar-refractivity contribution in [3.8, 4) is 10.6 Å². The number of amides is 1. The molecule has 1 atom stereocenters. The van der Waals surface area contributed by atoms with Gasteiger partial charge in [-0.1, -0.05) is 23.7 Å². The first-order valence-corrected chi connectivity index (χ1v) is 9.77. The van der Waals surface area contributed by atoms with Gasteiger partial charge in [-0.3, -0.25) is 9.78 Å². The van der Waals surface area contributed by atoms with Crippen LogP contribution in [0.3, 0.4) is 0 Å². The van der Waals surface area contributed by atoms with Gasteiger partial charge in [0.15, 0.2) is 0 Å². The van der Waals surface area contributed by atoms with Gasteiger partial charge in [0.25, 0.3) is 5.91 Å². The van der Waals surface area contributed by atoms with Gasteiger partial charge in [-0.15, -0.1) is 11.3 Å². The summed E-state index contributed by atoms with van der Waals surface area (Å²) in [6.07, 6.45) is 5.57. The lowest BCUT2D eigenvalue weighted by Gasteiger charge is -2.24. The Kier molecular flexibility index (Phi) is 4.74. The normalized spacial score (nSPS) is 16.8. The van der Waals surface area contributed by atoms with Crippen LogP contribution in [0.15, 0.2) is 48.8 Å². The Morgan fingerprint density at radius 2 is 1.92 bits per heavy atom. The van der Waals surface area contributed by atoms with Gasteiger partial charge in [-0.25, -0.2) is 4.98 Å². The lowest BCUT2D eigenvalue weighted by Crippen LogP contribution is -2.30. The van der Waals surface area contributed by atoms with Crippen LogP contribution in [0, 0.1) is 6.92 Å². The van der Waals surface area contributed by atoms with Crippen molar-refractivity contribution >= 4 is 28.8 Å². The molecule has 6 heteroatoms. The Morgan fingerprint density at radius 1 is 1.19 bits per heavy atom. The molecule has 132 valence electrons. The van der Waals surface area contributed by atoms with E-state index in [0.29, 0.717) is 5.02 Å². The summed E-state index contributed by atoms with van der Waals surface area (Å²) in [4.78, 5) is 24.6. The fraction of sp³-hybridized carbons (Fsp3) is 0.250. The molecule has 1 amide bonds. The largest absolute Gasteiger partial charge is 0.331 e. The molecule has 1 aliphatic rings. The second-order valence-corrected chi connectivity index (χ2v) is 7.81. The molecule has 1 saturated heterocycles. The molecule has 2 aromatic heterocycles. The smallest absolute Gasteiger partial charge is 0.266 e. The predicted octanol–water partition coefficient (Wildman–Crippen LogP) is 5.14. The van der Waals surface area contributed by atoms with Crippen molar-refractivity contribution in [3.63, 3.8) is 0 Å². The fourth-order valence-corrected chi connectivity index (χ4v) is 4.54. The second-order valence-electron chi connectivity index (χ2n) is 6.38. The van der Waals surface area contributed by atoms with Crippen LogP contribution in [0.25, 0.3) is 10.6 Å². The summed E-state index contributed by atoms with van der Waals surface area (Å²) in [7, 11) is 0. The summed E-state index contributed by atoms with van der Waals surface area (Å²) < 4.78 is 0. The average Bonchev–Trinajstić information content (AvgIpc) is 3.29. The van der Waals surface area contributed by atoms with E-state index in [2.05, 4.69) is 9.97 Å². The van der Waals surface area contributed by atoms with Crippen molar-refractivity contribution < 1.29 is 4.79 Å². The number of aryl methyl sites for hydroxylation is 1. The third-order valence-electron chi connectivity index (χ3n) is 4.69. The topological polar surface area (TPSA) is 46.1 Å². The van der Waals surface area contributed by atoms with Gasteiger partial charge < -0.3 is 4.90 Å². The number of hydrogen-bond acceptors (Lipinski definition) is 4. The van der Waals surface area contributed by atoms with Crippen molar-refractivity contribution in [3.05, 3.63) is 69.9 Å². The first-order valence-electron chi connectivity index (χ1n) is 8.58. The zero-order chi connectivity index (χ0) is 18.1. The fourth-order valence-electron chi connectivity index (χ4n) is 3.38. The number of pyridine rings is 1. The van der Waals surface area contributed by atoms with E-state index in [1.165, 1.54) is 11.3 Å². The van der Waals surface area contributed by atoms with E-state index in [1.54, 1.807) is 12.4 Å². The number of hydrogen-bond donors (Lipinski definition) is 0. The van der Waals surface area contributed by atoms with Crippen LogP contribution in [0.5, 0.6) is 0 Å². The Bertz CT molecular complexity index is 924. The zero-order valence-electron chi connectivity index (χ0n) is 14.4. The zero-order valence-corrected chi connectivity index (χ0v) is 15.9. The number of likely N-dealkylation sites (tertiary alicyclic amines) is 1. The van der Waals surface area contributed by atoms with E-state index in [1.807, 2.05) is 48.2 Å². The maximum absolute atomic E-state index is 13.2. The molecular formula is C20H18ClN3OS. The van der Waals surface area contributed by atoms with Gasteiger partial charge in [-0.05, 0) is 49.6 Å². The van der Waals surface area contributed by atoms with Crippen molar-refractivity contribution in [1.29, 1.82) is 0 Å². The SMILES string of the molecule is Cc1nc(-c2ccc(Cl)cc2)sc1C(=O)N1CCCC1c1ccncc1. The molecule has 1 aliphatic heterocycles. The van der Waals surface area contributed by atoms with E-state index in [4.69, 9.17) is 11.6 Å². The van der Waals surface area contributed by atoms with Crippen molar-refractivity contribution in [1.82, 2.24) is 14.9 Å². The summed E-state index contributed by atoms with van der Waals surface area (Å²) >= 11 is 7.42. The molecule has 0 radical (unpaired) electrons. The third kappa shape index (κ3) is 3.24. The molecule has 3 aromatic rings. The molecule has 0 bridgehead atoms. The molecule has 1 aromatic carbocycles. The molecule has 3 heterocycles. The summed E-state index contributed by atoms with van der Waals surface area (Å²) in [6.45, 7) is 2.68. The number of carbonyl (C=O) groups excluding carboxylic acids is 1. The van der Waals surface area contributed by atoms with E-state index < -0.39 is 0 Å². The van der Waals surface area contributed by atoms with Crippen LogP contribution >= 0.6 is 22.9 Å². The van der Waals surface area contributed by atoms with Gasteiger partial charge in [0.2, 0.25) is 0 Å². The maximum atomic E-state index is 13.2. The molecule has 0 saturated carbocycles. The van der Waals surface area contributed by atoms with Crippen LogP contribution in [-0.2, 0) is 0 Å². The Morgan fingerprint density at radius 3 is 2.65 bits per heavy atom. The number of carbonyl (C=O) groups is 1. The maximum Gasteiger partial charge on any atom is 0.266 e. The monoisotopic (exact) mass is 383 g/mol. The standard InChI is InChI=1S/C20H18ClN3OS/c1-13-18(26-19(23-13)15-4-6-16(21)7-5-15)20(25)24-12-2-3-17(24)14-8-10-22-11-9-14/h4-11,17H,2-3,12H2,1H3. The van der Waals surface area contributed by atoms with Crippen molar-refractivity contribution in [2.24, 2.45) is 0 Å². The highest BCUT2D eigenvalue weighted by atomic mass is 35.5. The van der Waals surface area contributed by atoms with Crippen LogP contribution in [0.2, 0.25) is 5.02 Å². The molecule has 0 spiro atoms. The van der Waals surface area contributed by atoms with Crippen molar-refractivity contribution in [2.45, 2.75) is 25.8 Å². The van der Waals surface area contributed by atoms with Crippen LogP contribution in [0.4, 0.5) is 0 Å². The number of thiazole rings is 1. The van der Waals surface area contributed by atoms with E-state index in [9.17, 15) is 4.79 Å². The average molecular weight is 384 g/mol. The van der Waals surface area contributed by atoms with Gasteiger partial charge >= 0.3 is 0 Å². The molecule has 26 heavy (non-hydrogen) atoms. The Labute approximate surface area is 161 Å². The Balaban J connectivity index is 1.63. The number of halogens is 1. The number of rotatable bonds is 3. The summed E-state index contributed by atoms with van der Waals surface area (Å²) in [6, 6.07) is 11.7. The van der Waals surface area contributed by atoms with Crippen LogP contribution in [-0.4, -0.2) is 27.3 Å². The Hall–Kier alpha value is -2.24. The lowest BCUT2D eigenvalue weighted by molar-refractivity contribution is 0.0739. The van der Waals surface area contributed by atoms with Crippen LogP contribution < -0.4 is 0 Å². The van der Waals surface area contributed by atoms with E-state index >= 15 is 0 Å². The molecule has 4 nitrogen and oxygen atoms in total. The molecule has 0 aliphatic carbocycles. The molecular weight excluding hydrogens is 366 g/mol. The van der Waals surface area contributed by atoms with Crippen LogP contribution in [0.1, 0.15) is 39.8 Å². The molecule has 4 rings (SSSR count). The molecule has 1 unspecified atom stereocenters. The second kappa shape index (κ2) is 7.17. The van der Waals surface area contributed by atoms with E-state index in [0.717, 1.165) is 46.1 Å². The highest BCUT2D eigenvalue weighted by Gasteiger charge is 2.32. The highest BCUT2D eigenvalue weighted by molar-refractivity contribution is 7.17. The lowest BCUT2D eigenvalue weighted by atomic mass is 10.1. The first-order chi connectivity index (χ1) is 12.6. The number of aromatic nitrogens is 2. The first kappa shape index (κ1) is 17.2. The quantitative estimate of drug-likeness (QED) is 0.628. The summed E-state index contributed by atoms with van der Waals surface area (Å²) in [5, 5.41) is 1.54. The van der Waals surface area contributed by atoms with Gasteiger partial charge in [0.1, 0.15) is 9.88 Å². The molecule has 1 fully saturated rings. The van der Waals surface area contributed by atoms with E-state index in [-0.39, 0.29) is 11.9 Å². The number of benzene rings is 1. The number of nitrogens with zero attached hydrogens (tertiary/aromatic N) is 3.